The summed E-state index contributed by atoms with van der Waals surface area (Å²) in [5.41, 5.74) is 6.75. The van der Waals surface area contributed by atoms with E-state index in [1.807, 2.05) is 61.5 Å². The molecule has 0 aliphatic carbocycles. The standard InChI is InChI=1S/C19H15N5O/c1-13-17(19(25)23-24-11-20-21-12-24)15-9-5-6-10-16(15)22-18(13)14-7-3-2-4-8-14/h2-12H,1H3,(H,23,25). The summed E-state index contributed by atoms with van der Waals surface area (Å²) in [5, 5.41) is 8.22. The van der Waals surface area contributed by atoms with Crippen LogP contribution in [0.4, 0.5) is 0 Å². The van der Waals surface area contributed by atoms with E-state index in [1.54, 1.807) is 0 Å². The minimum absolute atomic E-state index is 0.229. The summed E-state index contributed by atoms with van der Waals surface area (Å²) in [6, 6.07) is 17.5. The Balaban J connectivity index is 1.92. The molecular formula is C19H15N5O. The average molecular weight is 329 g/mol. The van der Waals surface area contributed by atoms with E-state index in [-0.39, 0.29) is 5.91 Å². The topological polar surface area (TPSA) is 72.7 Å². The molecule has 4 rings (SSSR count). The number of aromatic nitrogens is 4. The van der Waals surface area contributed by atoms with Gasteiger partial charge in [-0.15, -0.1) is 10.2 Å². The second-order valence-corrected chi connectivity index (χ2v) is 5.65. The predicted octanol–water partition coefficient (Wildman–Crippen LogP) is 3.19. The van der Waals surface area contributed by atoms with Crippen LogP contribution in [-0.4, -0.2) is 25.8 Å². The fraction of sp³-hybridized carbons (Fsp3) is 0.0526. The molecule has 0 unspecified atom stereocenters. The first kappa shape index (κ1) is 15.0. The van der Waals surface area contributed by atoms with Gasteiger partial charge in [0.2, 0.25) is 0 Å². The molecule has 0 fully saturated rings. The van der Waals surface area contributed by atoms with Crippen molar-refractivity contribution in [2.24, 2.45) is 0 Å². The normalized spacial score (nSPS) is 10.8. The molecule has 2 aromatic heterocycles. The van der Waals surface area contributed by atoms with Crippen LogP contribution in [0.1, 0.15) is 15.9 Å². The number of carbonyl (C=O) groups is 1. The fourth-order valence-electron chi connectivity index (χ4n) is 2.91. The zero-order valence-corrected chi connectivity index (χ0v) is 13.5. The number of rotatable bonds is 3. The SMILES string of the molecule is Cc1c(-c2ccccc2)nc2ccccc2c1C(=O)Nn1cnnc1. The van der Waals surface area contributed by atoms with Gasteiger partial charge in [0.1, 0.15) is 12.7 Å². The van der Waals surface area contributed by atoms with Crippen LogP contribution in [0.2, 0.25) is 0 Å². The minimum atomic E-state index is -0.229. The maximum atomic E-state index is 12.9. The number of para-hydroxylation sites is 1. The Bertz CT molecular complexity index is 1040. The molecule has 1 amide bonds. The van der Waals surface area contributed by atoms with Crippen LogP contribution in [-0.2, 0) is 0 Å². The van der Waals surface area contributed by atoms with Crippen molar-refractivity contribution in [2.75, 3.05) is 5.43 Å². The molecule has 0 bridgehead atoms. The number of hydrogen-bond donors (Lipinski definition) is 1. The van der Waals surface area contributed by atoms with Gasteiger partial charge in [-0.25, -0.2) is 9.66 Å². The second-order valence-electron chi connectivity index (χ2n) is 5.65. The summed E-state index contributed by atoms with van der Waals surface area (Å²) >= 11 is 0. The number of hydrogen-bond acceptors (Lipinski definition) is 4. The lowest BCUT2D eigenvalue weighted by molar-refractivity contribution is 0.101. The first-order valence-electron chi connectivity index (χ1n) is 7.85. The van der Waals surface area contributed by atoms with Gasteiger partial charge in [-0.3, -0.25) is 10.2 Å². The molecule has 0 saturated heterocycles. The Morgan fingerprint density at radius 1 is 0.960 bits per heavy atom. The van der Waals surface area contributed by atoms with Gasteiger partial charge >= 0.3 is 0 Å². The number of benzene rings is 2. The average Bonchev–Trinajstić information content (AvgIpc) is 3.14. The monoisotopic (exact) mass is 329 g/mol. The van der Waals surface area contributed by atoms with Crippen LogP contribution in [0, 0.1) is 6.92 Å². The highest BCUT2D eigenvalue weighted by atomic mass is 16.2. The third-order valence-corrected chi connectivity index (χ3v) is 4.06. The van der Waals surface area contributed by atoms with Gasteiger partial charge in [-0.2, -0.15) is 0 Å². The highest BCUT2D eigenvalue weighted by molar-refractivity contribution is 6.12. The molecule has 1 N–H and O–H groups in total. The summed E-state index contributed by atoms with van der Waals surface area (Å²) in [5.74, 6) is -0.229. The molecule has 6 heteroatoms. The smallest absolute Gasteiger partial charge is 0.267 e. The molecule has 0 aliphatic heterocycles. The minimum Gasteiger partial charge on any atom is -0.267 e. The van der Waals surface area contributed by atoms with Crippen molar-refractivity contribution >= 4 is 16.8 Å². The lowest BCUT2D eigenvalue weighted by Crippen LogP contribution is -2.23. The Kier molecular flexibility index (Phi) is 3.70. The van der Waals surface area contributed by atoms with Crippen molar-refractivity contribution in [3.8, 4) is 11.3 Å². The number of pyridine rings is 1. The van der Waals surface area contributed by atoms with Gasteiger partial charge in [0, 0.05) is 10.9 Å². The van der Waals surface area contributed by atoms with Gasteiger partial charge in [0.25, 0.3) is 5.91 Å². The molecule has 0 saturated carbocycles. The summed E-state index contributed by atoms with van der Waals surface area (Å²) < 4.78 is 1.43. The highest BCUT2D eigenvalue weighted by Gasteiger charge is 2.19. The molecule has 25 heavy (non-hydrogen) atoms. The zero-order valence-electron chi connectivity index (χ0n) is 13.5. The first-order valence-corrected chi connectivity index (χ1v) is 7.85. The molecule has 0 spiro atoms. The van der Waals surface area contributed by atoms with Crippen molar-refractivity contribution in [1.82, 2.24) is 19.9 Å². The summed E-state index contributed by atoms with van der Waals surface area (Å²) in [6.45, 7) is 1.92. The number of fused-ring (bicyclic) bond motifs is 1. The largest absolute Gasteiger partial charge is 0.271 e. The molecule has 4 aromatic rings. The Hall–Kier alpha value is -3.54. The maximum Gasteiger partial charge on any atom is 0.271 e. The number of nitrogens with one attached hydrogen (secondary N) is 1. The Morgan fingerprint density at radius 2 is 1.64 bits per heavy atom. The van der Waals surface area contributed by atoms with Crippen molar-refractivity contribution in [1.29, 1.82) is 0 Å². The number of nitrogens with zero attached hydrogens (tertiary/aromatic N) is 4. The molecule has 0 atom stereocenters. The molecule has 2 aromatic carbocycles. The van der Waals surface area contributed by atoms with Gasteiger partial charge < -0.3 is 0 Å². The third-order valence-electron chi connectivity index (χ3n) is 4.06. The first-order chi connectivity index (χ1) is 12.2. The summed E-state index contributed by atoms with van der Waals surface area (Å²) in [4.78, 5) is 17.7. The van der Waals surface area contributed by atoms with Crippen molar-refractivity contribution in [3.05, 3.63) is 78.4 Å². The van der Waals surface area contributed by atoms with Gasteiger partial charge in [-0.05, 0) is 18.6 Å². The van der Waals surface area contributed by atoms with E-state index >= 15 is 0 Å². The van der Waals surface area contributed by atoms with Gasteiger partial charge in [0.05, 0.1) is 16.8 Å². The van der Waals surface area contributed by atoms with Crippen molar-refractivity contribution < 1.29 is 4.79 Å². The van der Waals surface area contributed by atoms with E-state index in [0.29, 0.717) is 5.56 Å². The summed E-state index contributed by atoms with van der Waals surface area (Å²) in [6.07, 6.45) is 2.88. The van der Waals surface area contributed by atoms with E-state index in [4.69, 9.17) is 4.98 Å². The molecule has 2 heterocycles. The van der Waals surface area contributed by atoms with Gasteiger partial charge in [0.15, 0.2) is 0 Å². The van der Waals surface area contributed by atoms with Crippen molar-refractivity contribution in [2.45, 2.75) is 6.92 Å². The van der Waals surface area contributed by atoms with Crippen molar-refractivity contribution in [3.63, 3.8) is 0 Å². The van der Waals surface area contributed by atoms with Crippen LogP contribution >= 0.6 is 0 Å². The van der Waals surface area contributed by atoms with Gasteiger partial charge in [-0.1, -0.05) is 48.5 Å². The molecule has 0 aliphatic rings. The highest BCUT2D eigenvalue weighted by Crippen LogP contribution is 2.29. The van der Waals surface area contributed by atoms with Crippen LogP contribution in [0.5, 0.6) is 0 Å². The Morgan fingerprint density at radius 3 is 2.40 bits per heavy atom. The molecular weight excluding hydrogens is 314 g/mol. The van der Waals surface area contributed by atoms with E-state index in [0.717, 1.165) is 27.7 Å². The van der Waals surface area contributed by atoms with E-state index in [2.05, 4.69) is 15.6 Å². The third kappa shape index (κ3) is 2.74. The van der Waals surface area contributed by atoms with E-state index in [9.17, 15) is 4.79 Å². The van der Waals surface area contributed by atoms with Crippen LogP contribution in [0.3, 0.4) is 0 Å². The zero-order chi connectivity index (χ0) is 17.2. The fourth-order valence-corrected chi connectivity index (χ4v) is 2.91. The second kappa shape index (κ2) is 6.16. The molecule has 122 valence electrons. The predicted molar refractivity (Wildman–Crippen MR) is 95.6 cm³/mol. The van der Waals surface area contributed by atoms with Crippen LogP contribution in [0.25, 0.3) is 22.2 Å². The lowest BCUT2D eigenvalue weighted by atomic mass is 9.97. The summed E-state index contributed by atoms with van der Waals surface area (Å²) in [7, 11) is 0. The van der Waals surface area contributed by atoms with E-state index in [1.165, 1.54) is 17.3 Å². The Labute approximate surface area is 144 Å². The number of carbonyl (C=O) groups excluding carboxylic acids is 1. The lowest BCUT2D eigenvalue weighted by Gasteiger charge is -2.14. The van der Waals surface area contributed by atoms with E-state index < -0.39 is 0 Å². The molecule has 0 radical (unpaired) electrons. The quantitative estimate of drug-likeness (QED) is 0.626. The van der Waals surface area contributed by atoms with Crippen LogP contribution in [0.15, 0.2) is 67.3 Å². The number of amides is 1. The van der Waals surface area contributed by atoms with Crippen LogP contribution < -0.4 is 5.43 Å². The molecule has 6 nitrogen and oxygen atoms in total. The maximum absolute atomic E-state index is 12.9.